The number of nitriles is 1. The van der Waals surface area contributed by atoms with Crippen LogP contribution < -0.4 is 10.6 Å². The van der Waals surface area contributed by atoms with E-state index in [1.807, 2.05) is 0 Å². The molecule has 2 heterocycles. The van der Waals surface area contributed by atoms with Crippen molar-refractivity contribution in [1.29, 1.82) is 5.26 Å². The summed E-state index contributed by atoms with van der Waals surface area (Å²) >= 11 is 1.59. The standard InChI is InChI=1S/C16H21N3OS/c1-2-7-16(8-4-9-18-16)15(20)19-14-12(10-17)11-5-3-6-13(11)21-14/h18H,2-9H2,1H3,(H,19,20). The van der Waals surface area contributed by atoms with Gasteiger partial charge in [-0.1, -0.05) is 13.3 Å². The number of aryl methyl sites for hydroxylation is 1. The first kappa shape index (κ1) is 14.6. The average molecular weight is 303 g/mol. The average Bonchev–Trinajstić information content (AvgIpc) is 3.15. The van der Waals surface area contributed by atoms with Crippen LogP contribution in [0, 0.1) is 11.3 Å². The summed E-state index contributed by atoms with van der Waals surface area (Å²) in [4.78, 5) is 14.0. The third-order valence-electron chi connectivity index (χ3n) is 4.62. The van der Waals surface area contributed by atoms with Gasteiger partial charge in [0.2, 0.25) is 5.91 Å². The monoisotopic (exact) mass is 303 g/mol. The Morgan fingerprint density at radius 2 is 2.33 bits per heavy atom. The van der Waals surface area contributed by atoms with Crippen molar-refractivity contribution < 1.29 is 4.79 Å². The van der Waals surface area contributed by atoms with Gasteiger partial charge < -0.3 is 10.6 Å². The zero-order valence-corrected chi connectivity index (χ0v) is 13.2. The molecule has 0 aromatic carbocycles. The molecule has 112 valence electrons. The number of amides is 1. The van der Waals surface area contributed by atoms with E-state index in [1.165, 1.54) is 10.4 Å². The minimum atomic E-state index is -0.435. The van der Waals surface area contributed by atoms with E-state index >= 15 is 0 Å². The molecule has 0 saturated carbocycles. The van der Waals surface area contributed by atoms with Crippen LogP contribution in [0.2, 0.25) is 0 Å². The molecule has 2 N–H and O–H groups in total. The van der Waals surface area contributed by atoms with Crippen LogP contribution in [-0.2, 0) is 17.6 Å². The number of fused-ring (bicyclic) bond motifs is 1. The molecule has 0 radical (unpaired) electrons. The van der Waals surface area contributed by atoms with Gasteiger partial charge in [0.05, 0.1) is 11.1 Å². The first-order valence-electron chi connectivity index (χ1n) is 7.81. The number of carbonyl (C=O) groups is 1. The molecule has 1 aromatic heterocycles. The quantitative estimate of drug-likeness (QED) is 0.898. The topological polar surface area (TPSA) is 64.9 Å². The second-order valence-corrected chi connectivity index (χ2v) is 7.10. The number of hydrogen-bond acceptors (Lipinski definition) is 4. The first-order chi connectivity index (χ1) is 10.2. The first-order valence-corrected chi connectivity index (χ1v) is 8.63. The second kappa shape index (κ2) is 5.78. The van der Waals surface area contributed by atoms with Gasteiger partial charge in [-0.3, -0.25) is 4.79 Å². The van der Waals surface area contributed by atoms with Gasteiger partial charge in [0.1, 0.15) is 11.1 Å². The van der Waals surface area contributed by atoms with Crippen molar-refractivity contribution in [1.82, 2.24) is 5.32 Å². The smallest absolute Gasteiger partial charge is 0.245 e. The Morgan fingerprint density at radius 1 is 1.48 bits per heavy atom. The number of carbonyl (C=O) groups excluding carboxylic acids is 1. The van der Waals surface area contributed by atoms with Crippen molar-refractivity contribution in [3.05, 3.63) is 16.0 Å². The highest BCUT2D eigenvalue weighted by molar-refractivity contribution is 7.16. The van der Waals surface area contributed by atoms with Crippen LogP contribution in [0.1, 0.15) is 55.0 Å². The zero-order chi connectivity index (χ0) is 14.9. The van der Waals surface area contributed by atoms with Crippen LogP contribution in [0.5, 0.6) is 0 Å². The Hall–Kier alpha value is -1.38. The zero-order valence-electron chi connectivity index (χ0n) is 12.4. The van der Waals surface area contributed by atoms with Crippen LogP contribution in [0.25, 0.3) is 0 Å². The van der Waals surface area contributed by atoms with Crippen molar-refractivity contribution in [3.63, 3.8) is 0 Å². The molecule has 1 saturated heterocycles. The Labute approximate surface area is 129 Å². The van der Waals surface area contributed by atoms with E-state index in [9.17, 15) is 10.1 Å². The SMILES string of the molecule is CCCC1(C(=O)Nc2sc3c(c2C#N)CCC3)CCCN1. The lowest BCUT2D eigenvalue weighted by molar-refractivity contribution is -0.122. The van der Waals surface area contributed by atoms with Gasteiger partial charge in [-0.25, -0.2) is 0 Å². The van der Waals surface area contributed by atoms with Gasteiger partial charge in [0, 0.05) is 4.88 Å². The molecule has 1 aliphatic carbocycles. The molecule has 0 bridgehead atoms. The molecule has 0 spiro atoms. The maximum atomic E-state index is 12.7. The Kier molecular flexibility index (Phi) is 4.01. The molecule has 1 aliphatic heterocycles. The lowest BCUT2D eigenvalue weighted by Gasteiger charge is -2.27. The normalized spacial score (nSPS) is 23.8. The highest BCUT2D eigenvalue weighted by atomic mass is 32.1. The molecule has 1 atom stereocenters. The molecule has 2 aliphatic rings. The molecule has 1 amide bonds. The Bertz CT molecular complexity index is 593. The van der Waals surface area contributed by atoms with Crippen molar-refractivity contribution in [2.24, 2.45) is 0 Å². The third kappa shape index (κ3) is 2.47. The van der Waals surface area contributed by atoms with Crippen molar-refractivity contribution in [3.8, 4) is 6.07 Å². The Morgan fingerprint density at radius 3 is 3.00 bits per heavy atom. The largest absolute Gasteiger partial charge is 0.315 e. The Balaban J connectivity index is 1.83. The maximum absolute atomic E-state index is 12.7. The molecule has 1 unspecified atom stereocenters. The van der Waals surface area contributed by atoms with E-state index in [0.717, 1.165) is 56.5 Å². The summed E-state index contributed by atoms with van der Waals surface area (Å²) in [6.45, 7) is 3.01. The van der Waals surface area contributed by atoms with Crippen LogP contribution in [0.4, 0.5) is 5.00 Å². The highest BCUT2D eigenvalue weighted by Crippen LogP contribution is 2.39. The summed E-state index contributed by atoms with van der Waals surface area (Å²) in [5.74, 6) is 0.0401. The van der Waals surface area contributed by atoms with Crippen molar-refractivity contribution >= 4 is 22.2 Å². The predicted molar refractivity (Wildman–Crippen MR) is 84.6 cm³/mol. The van der Waals surface area contributed by atoms with E-state index in [4.69, 9.17) is 0 Å². The van der Waals surface area contributed by atoms with Gasteiger partial charge in [0.25, 0.3) is 0 Å². The molecule has 1 aromatic rings. The van der Waals surface area contributed by atoms with E-state index in [1.54, 1.807) is 11.3 Å². The van der Waals surface area contributed by atoms with E-state index in [2.05, 4.69) is 23.6 Å². The number of nitrogens with one attached hydrogen (secondary N) is 2. The molecule has 3 rings (SSSR count). The van der Waals surface area contributed by atoms with E-state index in [0.29, 0.717) is 5.56 Å². The highest BCUT2D eigenvalue weighted by Gasteiger charge is 2.40. The summed E-state index contributed by atoms with van der Waals surface area (Å²) in [5, 5.41) is 16.6. The van der Waals surface area contributed by atoms with Gasteiger partial charge in [-0.05, 0) is 50.6 Å². The van der Waals surface area contributed by atoms with Crippen LogP contribution in [0.3, 0.4) is 0 Å². The fourth-order valence-electron chi connectivity index (χ4n) is 3.59. The fraction of sp³-hybridized carbons (Fsp3) is 0.625. The van der Waals surface area contributed by atoms with Crippen molar-refractivity contribution in [2.45, 2.75) is 57.4 Å². The summed E-state index contributed by atoms with van der Waals surface area (Å²) in [6.07, 6.45) is 6.91. The molecular weight excluding hydrogens is 282 g/mol. The summed E-state index contributed by atoms with van der Waals surface area (Å²) < 4.78 is 0. The molecular formula is C16H21N3OS. The van der Waals surface area contributed by atoms with Gasteiger partial charge >= 0.3 is 0 Å². The van der Waals surface area contributed by atoms with Crippen molar-refractivity contribution in [2.75, 3.05) is 11.9 Å². The molecule has 4 nitrogen and oxygen atoms in total. The number of hydrogen-bond donors (Lipinski definition) is 2. The minimum Gasteiger partial charge on any atom is -0.315 e. The lowest BCUT2D eigenvalue weighted by Crippen LogP contribution is -2.50. The molecule has 5 heteroatoms. The predicted octanol–water partition coefficient (Wildman–Crippen LogP) is 2.97. The summed E-state index contributed by atoms with van der Waals surface area (Å²) in [7, 11) is 0. The molecule has 1 fully saturated rings. The lowest BCUT2D eigenvalue weighted by atomic mass is 9.91. The van der Waals surface area contributed by atoms with E-state index < -0.39 is 5.54 Å². The van der Waals surface area contributed by atoms with Crippen LogP contribution in [0.15, 0.2) is 0 Å². The van der Waals surface area contributed by atoms with Gasteiger partial charge in [-0.2, -0.15) is 5.26 Å². The number of anilines is 1. The maximum Gasteiger partial charge on any atom is 0.245 e. The summed E-state index contributed by atoms with van der Waals surface area (Å²) in [6, 6.07) is 2.29. The fourth-order valence-corrected chi connectivity index (χ4v) is 4.82. The molecule has 21 heavy (non-hydrogen) atoms. The number of rotatable bonds is 4. The van der Waals surface area contributed by atoms with Gasteiger partial charge in [0.15, 0.2) is 0 Å². The summed E-state index contributed by atoms with van der Waals surface area (Å²) in [5.41, 5.74) is 1.43. The van der Waals surface area contributed by atoms with Crippen LogP contribution >= 0.6 is 11.3 Å². The number of nitrogens with zero attached hydrogens (tertiary/aromatic N) is 1. The van der Waals surface area contributed by atoms with Gasteiger partial charge in [-0.15, -0.1) is 11.3 Å². The minimum absolute atomic E-state index is 0.0401. The second-order valence-electron chi connectivity index (χ2n) is 5.99. The van der Waals surface area contributed by atoms with Crippen LogP contribution in [-0.4, -0.2) is 18.0 Å². The third-order valence-corrected chi connectivity index (χ3v) is 5.82. The number of thiophene rings is 1. The van der Waals surface area contributed by atoms with E-state index in [-0.39, 0.29) is 5.91 Å².